The van der Waals surface area contributed by atoms with Gasteiger partial charge in [-0.25, -0.2) is 0 Å². The van der Waals surface area contributed by atoms with Gasteiger partial charge in [-0.15, -0.1) is 0 Å². The Morgan fingerprint density at radius 1 is 1.07 bits per heavy atom. The summed E-state index contributed by atoms with van der Waals surface area (Å²) in [5.74, 6) is -0.117. The molecule has 2 heterocycles. The summed E-state index contributed by atoms with van der Waals surface area (Å²) in [6, 6.07) is 10.3. The smallest absolute Gasteiger partial charge is 0.291 e. The van der Waals surface area contributed by atoms with Gasteiger partial charge in [0.15, 0.2) is 5.76 Å². The summed E-state index contributed by atoms with van der Waals surface area (Å²) in [5.41, 5.74) is 0.972. The van der Waals surface area contributed by atoms with Gasteiger partial charge < -0.3 is 19.4 Å². The monoisotopic (exact) mass is 368 g/mol. The molecule has 2 aliphatic rings. The molecule has 1 aliphatic heterocycles. The molecule has 1 saturated heterocycles. The number of amides is 2. The minimum atomic E-state index is -0.336. The zero-order chi connectivity index (χ0) is 18.7. The zero-order valence-electron chi connectivity index (χ0n) is 15.3. The molecule has 2 fully saturated rings. The highest BCUT2D eigenvalue weighted by atomic mass is 16.5. The van der Waals surface area contributed by atoms with E-state index in [9.17, 15) is 9.59 Å². The average molecular weight is 368 g/mol. The molecule has 1 spiro atoms. The standard InChI is InChI=1S/C21H24N2O4/c24-19(18-8-5-12-26-18)22-17-7-4-6-16(14-17)20(25)23-11-13-27-21(15-23)9-2-1-3-10-21/h4-8,12,14H,1-3,9-11,13,15H2,(H,22,24). The van der Waals surface area contributed by atoms with E-state index in [2.05, 4.69) is 5.32 Å². The highest BCUT2D eigenvalue weighted by molar-refractivity contribution is 6.03. The number of anilines is 1. The van der Waals surface area contributed by atoms with E-state index in [-0.39, 0.29) is 23.2 Å². The van der Waals surface area contributed by atoms with Gasteiger partial charge in [0, 0.05) is 17.8 Å². The molecular formula is C21H24N2O4. The van der Waals surface area contributed by atoms with Gasteiger partial charge in [0.1, 0.15) is 0 Å². The number of hydrogen-bond donors (Lipinski definition) is 1. The molecule has 2 amide bonds. The Bertz CT molecular complexity index is 804. The van der Waals surface area contributed by atoms with E-state index in [1.165, 1.54) is 12.7 Å². The summed E-state index contributed by atoms with van der Waals surface area (Å²) in [6.07, 6.45) is 7.07. The van der Waals surface area contributed by atoms with Gasteiger partial charge >= 0.3 is 0 Å². The van der Waals surface area contributed by atoms with E-state index in [4.69, 9.17) is 9.15 Å². The molecule has 2 aromatic rings. The van der Waals surface area contributed by atoms with Crippen LogP contribution in [0.1, 0.15) is 53.0 Å². The number of benzene rings is 1. The Morgan fingerprint density at radius 2 is 1.93 bits per heavy atom. The number of furan rings is 1. The number of rotatable bonds is 3. The van der Waals surface area contributed by atoms with E-state index in [1.54, 1.807) is 36.4 Å². The second-order valence-corrected chi connectivity index (χ2v) is 7.33. The Hall–Kier alpha value is -2.60. The minimum absolute atomic E-state index is 0.0163. The number of nitrogens with one attached hydrogen (secondary N) is 1. The summed E-state index contributed by atoms with van der Waals surface area (Å²) in [5, 5.41) is 2.77. The third kappa shape index (κ3) is 3.90. The van der Waals surface area contributed by atoms with Crippen LogP contribution in [0.15, 0.2) is 47.1 Å². The summed E-state index contributed by atoms with van der Waals surface area (Å²) in [6.45, 7) is 1.83. The zero-order valence-corrected chi connectivity index (χ0v) is 15.3. The average Bonchev–Trinajstić information content (AvgIpc) is 3.23. The quantitative estimate of drug-likeness (QED) is 0.896. The van der Waals surface area contributed by atoms with Gasteiger partial charge in [-0.05, 0) is 43.2 Å². The van der Waals surface area contributed by atoms with Crippen molar-refractivity contribution in [2.75, 3.05) is 25.0 Å². The maximum absolute atomic E-state index is 13.0. The van der Waals surface area contributed by atoms with Crippen LogP contribution in [0.5, 0.6) is 0 Å². The van der Waals surface area contributed by atoms with Crippen LogP contribution < -0.4 is 5.32 Å². The molecule has 27 heavy (non-hydrogen) atoms. The molecule has 6 nitrogen and oxygen atoms in total. The fourth-order valence-corrected chi connectivity index (χ4v) is 4.03. The largest absolute Gasteiger partial charge is 0.459 e. The molecular weight excluding hydrogens is 344 g/mol. The maximum atomic E-state index is 13.0. The molecule has 0 atom stereocenters. The van der Waals surface area contributed by atoms with E-state index in [1.807, 2.05) is 4.90 Å². The van der Waals surface area contributed by atoms with Gasteiger partial charge in [0.2, 0.25) is 0 Å². The van der Waals surface area contributed by atoms with E-state index >= 15 is 0 Å². The summed E-state index contributed by atoms with van der Waals surface area (Å²) in [7, 11) is 0. The Balaban J connectivity index is 1.46. The van der Waals surface area contributed by atoms with Crippen molar-refractivity contribution in [1.82, 2.24) is 4.90 Å². The lowest BCUT2D eigenvalue weighted by molar-refractivity contribution is -0.117. The Labute approximate surface area is 158 Å². The third-order valence-corrected chi connectivity index (χ3v) is 5.41. The third-order valence-electron chi connectivity index (χ3n) is 5.41. The van der Waals surface area contributed by atoms with Crippen LogP contribution in [0.3, 0.4) is 0 Å². The number of morpholine rings is 1. The fraction of sp³-hybridized carbons (Fsp3) is 0.429. The Kier molecular flexibility index (Phi) is 4.99. The molecule has 1 aromatic heterocycles. The lowest BCUT2D eigenvalue weighted by atomic mass is 9.83. The Morgan fingerprint density at radius 3 is 2.70 bits per heavy atom. The van der Waals surface area contributed by atoms with Crippen LogP contribution >= 0.6 is 0 Å². The van der Waals surface area contributed by atoms with Gasteiger partial charge in [0.25, 0.3) is 11.8 Å². The van der Waals surface area contributed by atoms with Crippen LogP contribution in [0.2, 0.25) is 0 Å². The highest BCUT2D eigenvalue weighted by Gasteiger charge is 2.39. The lowest BCUT2D eigenvalue weighted by Crippen LogP contribution is -2.54. The van der Waals surface area contributed by atoms with Crippen molar-refractivity contribution in [2.45, 2.75) is 37.7 Å². The molecule has 1 aromatic carbocycles. The van der Waals surface area contributed by atoms with Crippen LogP contribution in [0, 0.1) is 0 Å². The second-order valence-electron chi connectivity index (χ2n) is 7.33. The molecule has 0 radical (unpaired) electrons. The van der Waals surface area contributed by atoms with E-state index in [0.717, 1.165) is 25.7 Å². The lowest BCUT2D eigenvalue weighted by Gasteiger charge is -2.45. The number of hydrogen-bond acceptors (Lipinski definition) is 4. The van der Waals surface area contributed by atoms with Crippen molar-refractivity contribution in [2.24, 2.45) is 0 Å². The predicted octanol–water partition coefficient (Wildman–Crippen LogP) is 3.71. The maximum Gasteiger partial charge on any atom is 0.291 e. The summed E-state index contributed by atoms with van der Waals surface area (Å²) < 4.78 is 11.2. The normalized spacial score (nSPS) is 19.0. The number of ether oxygens (including phenoxy) is 1. The molecule has 142 valence electrons. The SMILES string of the molecule is O=C(Nc1cccc(C(=O)N2CCOC3(CCCCC3)C2)c1)c1ccco1. The first-order valence-corrected chi connectivity index (χ1v) is 9.53. The van der Waals surface area contributed by atoms with Crippen molar-refractivity contribution >= 4 is 17.5 Å². The van der Waals surface area contributed by atoms with Crippen LogP contribution in [0.4, 0.5) is 5.69 Å². The van der Waals surface area contributed by atoms with Crippen molar-refractivity contribution in [1.29, 1.82) is 0 Å². The minimum Gasteiger partial charge on any atom is -0.459 e. The first-order valence-electron chi connectivity index (χ1n) is 9.53. The van der Waals surface area contributed by atoms with Crippen LogP contribution in [-0.2, 0) is 4.74 Å². The molecule has 1 aliphatic carbocycles. The highest BCUT2D eigenvalue weighted by Crippen LogP contribution is 2.34. The number of nitrogens with zero attached hydrogens (tertiary/aromatic N) is 1. The van der Waals surface area contributed by atoms with Crippen molar-refractivity contribution in [3.8, 4) is 0 Å². The molecule has 1 saturated carbocycles. The summed E-state index contributed by atoms with van der Waals surface area (Å²) >= 11 is 0. The molecule has 4 rings (SSSR count). The van der Waals surface area contributed by atoms with Crippen molar-refractivity contribution in [3.63, 3.8) is 0 Å². The van der Waals surface area contributed by atoms with E-state index in [0.29, 0.717) is 30.9 Å². The van der Waals surface area contributed by atoms with Crippen molar-refractivity contribution < 1.29 is 18.7 Å². The first-order chi connectivity index (χ1) is 13.2. The van der Waals surface area contributed by atoms with E-state index < -0.39 is 0 Å². The van der Waals surface area contributed by atoms with Gasteiger partial charge in [0.05, 0.1) is 25.0 Å². The second kappa shape index (κ2) is 7.56. The van der Waals surface area contributed by atoms with Gasteiger partial charge in [-0.3, -0.25) is 9.59 Å². The van der Waals surface area contributed by atoms with Gasteiger partial charge in [-0.1, -0.05) is 25.3 Å². The molecule has 1 N–H and O–H groups in total. The molecule has 0 unspecified atom stereocenters. The van der Waals surface area contributed by atoms with Gasteiger partial charge in [-0.2, -0.15) is 0 Å². The predicted molar refractivity (Wildman–Crippen MR) is 101 cm³/mol. The van der Waals surface area contributed by atoms with Crippen molar-refractivity contribution in [3.05, 3.63) is 54.0 Å². The van der Waals surface area contributed by atoms with Crippen LogP contribution in [-0.4, -0.2) is 42.0 Å². The first kappa shape index (κ1) is 17.8. The number of carbonyl (C=O) groups is 2. The summed E-state index contributed by atoms with van der Waals surface area (Å²) in [4.78, 5) is 27.1. The molecule has 0 bridgehead atoms. The topological polar surface area (TPSA) is 71.8 Å². The molecule has 6 heteroatoms. The number of carbonyl (C=O) groups excluding carboxylic acids is 2. The van der Waals surface area contributed by atoms with Crippen LogP contribution in [0.25, 0.3) is 0 Å². The fourth-order valence-electron chi connectivity index (χ4n) is 4.03.